The maximum Gasteiger partial charge on any atom is 0.270 e. The molecule has 0 radical (unpaired) electrons. The molecule has 1 heterocycles. The number of hydrogen-bond acceptors (Lipinski definition) is 3. The van der Waals surface area contributed by atoms with Gasteiger partial charge in [-0.3, -0.25) is 19.8 Å². The Balaban J connectivity index is 1.40. The first-order valence-electron chi connectivity index (χ1n) is 8.29. The molecule has 1 aromatic rings. The summed E-state index contributed by atoms with van der Waals surface area (Å²) in [5.74, 6) is -0.504. The minimum absolute atomic E-state index is 0.128. The van der Waals surface area contributed by atoms with Crippen molar-refractivity contribution in [2.45, 2.75) is 6.42 Å². The zero-order valence-electron chi connectivity index (χ0n) is 13.0. The Hall–Kier alpha value is -1.85. The average molecular weight is 377 g/mol. The molecule has 0 aromatic heterocycles. The van der Waals surface area contributed by atoms with Crippen molar-refractivity contribution in [1.29, 1.82) is 0 Å². The molecule has 3 fully saturated rings. The van der Waals surface area contributed by atoms with Crippen molar-refractivity contribution in [3.05, 3.63) is 46.0 Å². The molecule has 6 atom stereocenters. The number of allylic oxidation sites excluding steroid dienone is 2. The number of benzene rings is 1. The number of halogens is 2. The molecule has 0 spiro atoms. The van der Waals surface area contributed by atoms with Crippen LogP contribution in [-0.2, 0) is 9.59 Å². The first-order chi connectivity index (χ1) is 12.0. The second-order valence-corrected chi connectivity index (χ2v) is 8.05. The molecule has 4 aliphatic carbocycles. The lowest BCUT2D eigenvalue weighted by Crippen LogP contribution is -2.46. The lowest BCUT2D eigenvalue weighted by molar-refractivity contribution is -0.143. The molecule has 3 amide bonds. The van der Waals surface area contributed by atoms with Crippen LogP contribution in [0.3, 0.4) is 0 Å². The van der Waals surface area contributed by atoms with Gasteiger partial charge < -0.3 is 0 Å². The van der Waals surface area contributed by atoms with E-state index >= 15 is 0 Å². The fourth-order valence-corrected chi connectivity index (χ4v) is 5.17. The molecule has 5 nitrogen and oxygen atoms in total. The van der Waals surface area contributed by atoms with Crippen molar-refractivity contribution < 1.29 is 14.4 Å². The van der Waals surface area contributed by atoms with E-state index in [2.05, 4.69) is 17.6 Å². The minimum Gasteiger partial charge on any atom is -0.272 e. The van der Waals surface area contributed by atoms with E-state index < -0.39 is 5.91 Å². The SMILES string of the molecule is O=C(NN1C(=O)[C@@H]2[C@H]3C=C[C@@H]([C@@H]4C[C@H]34)[C@H]2C1=O)c1ccc(Cl)c(Cl)c1. The molecule has 5 aliphatic rings. The molecule has 25 heavy (non-hydrogen) atoms. The second-order valence-electron chi connectivity index (χ2n) is 7.24. The van der Waals surface area contributed by atoms with Crippen molar-refractivity contribution in [2.24, 2.45) is 35.5 Å². The summed E-state index contributed by atoms with van der Waals surface area (Å²) >= 11 is 11.8. The summed E-state index contributed by atoms with van der Waals surface area (Å²) in [6.07, 6.45) is 5.29. The number of amides is 3. The van der Waals surface area contributed by atoms with E-state index in [0.717, 1.165) is 11.4 Å². The van der Waals surface area contributed by atoms with Gasteiger partial charge in [-0.2, -0.15) is 5.01 Å². The zero-order valence-corrected chi connectivity index (χ0v) is 14.5. The number of rotatable bonds is 2. The molecular weight excluding hydrogens is 363 g/mol. The van der Waals surface area contributed by atoms with E-state index in [9.17, 15) is 14.4 Å². The highest BCUT2D eigenvalue weighted by atomic mass is 35.5. The molecule has 2 bridgehead atoms. The number of imide groups is 1. The molecule has 1 saturated heterocycles. The lowest BCUT2D eigenvalue weighted by Gasteiger charge is -2.37. The third-order valence-corrected chi connectivity index (χ3v) is 6.80. The average Bonchev–Trinajstić information content (AvgIpc) is 3.38. The van der Waals surface area contributed by atoms with Crippen LogP contribution in [-0.4, -0.2) is 22.7 Å². The first-order valence-corrected chi connectivity index (χ1v) is 9.05. The predicted molar refractivity (Wildman–Crippen MR) is 90.5 cm³/mol. The maximum absolute atomic E-state index is 12.8. The van der Waals surface area contributed by atoms with Crippen molar-refractivity contribution in [3.63, 3.8) is 0 Å². The van der Waals surface area contributed by atoms with Gasteiger partial charge in [-0.25, -0.2) is 0 Å². The smallest absolute Gasteiger partial charge is 0.270 e. The van der Waals surface area contributed by atoms with Crippen LogP contribution in [0.4, 0.5) is 0 Å². The normalized spacial score (nSPS) is 37.1. The van der Waals surface area contributed by atoms with Crippen LogP contribution in [0.1, 0.15) is 16.8 Å². The topological polar surface area (TPSA) is 66.5 Å². The standard InChI is InChI=1S/C18H14Cl2N2O3/c19-12-4-1-7(5-13(12)20)16(23)21-22-17(24)14-8-2-3-9(11-6-10(8)11)15(14)18(22)25/h1-5,8-11,14-15H,6H2,(H,21,23)/t8-,9-,10-,11+,14+,15+/m0/s1. The molecule has 1 aromatic carbocycles. The number of hydrazine groups is 1. The first kappa shape index (κ1) is 15.4. The Bertz CT molecular complexity index is 832. The molecule has 1 aliphatic heterocycles. The summed E-state index contributed by atoms with van der Waals surface area (Å²) in [6.45, 7) is 0. The summed E-state index contributed by atoms with van der Waals surface area (Å²) in [5, 5.41) is 1.49. The highest BCUT2D eigenvalue weighted by molar-refractivity contribution is 6.42. The summed E-state index contributed by atoms with van der Waals surface area (Å²) in [6, 6.07) is 4.42. The maximum atomic E-state index is 12.8. The number of nitrogens with zero attached hydrogens (tertiary/aromatic N) is 1. The van der Waals surface area contributed by atoms with Crippen LogP contribution in [0.2, 0.25) is 10.0 Å². The van der Waals surface area contributed by atoms with Crippen LogP contribution >= 0.6 is 23.2 Å². The van der Waals surface area contributed by atoms with Gasteiger partial charge in [-0.15, -0.1) is 0 Å². The summed E-state index contributed by atoms with van der Waals surface area (Å²) in [5.41, 5.74) is 2.71. The van der Waals surface area contributed by atoms with Crippen molar-refractivity contribution in [1.82, 2.24) is 10.4 Å². The van der Waals surface area contributed by atoms with E-state index in [1.165, 1.54) is 18.2 Å². The lowest BCUT2D eigenvalue weighted by atomic mass is 9.63. The van der Waals surface area contributed by atoms with Gasteiger partial charge in [-0.05, 0) is 48.3 Å². The molecule has 2 saturated carbocycles. The molecular formula is C18H14Cl2N2O3. The van der Waals surface area contributed by atoms with Gasteiger partial charge in [0.25, 0.3) is 17.7 Å². The van der Waals surface area contributed by atoms with Gasteiger partial charge in [0, 0.05) is 5.56 Å². The van der Waals surface area contributed by atoms with E-state index in [1.54, 1.807) is 0 Å². The van der Waals surface area contributed by atoms with Crippen LogP contribution in [0.5, 0.6) is 0 Å². The van der Waals surface area contributed by atoms with Gasteiger partial charge >= 0.3 is 0 Å². The number of carbonyl (C=O) groups excluding carboxylic acids is 3. The summed E-state index contributed by atoms with van der Waals surface area (Å²) in [4.78, 5) is 38.0. The Morgan fingerprint density at radius 1 is 1.00 bits per heavy atom. The monoisotopic (exact) mass is 376 g/mol. The van der Waals surface area contributed by atoms with Gasteiger partial charge in [0.15, 0.2) is 0 Å². The Morgan fingerprint density at radius 2 is 1.60 bits per heavy atom. The van der Waals surface area contributed by atoms with Gasteiger partial charge in [0.1, 0.15) is 0 Å². The summed E-state index contributed by atoms with van der Waals surface area (Å²) < 4.78 is 0. The Kier molecular flexibility index (Phi) is 3.13. The van der Waals surface area contributed by atoms with Crippen molar-refractivity contribution >= 4 is 40.9 Å². The van der Waals surface area contributed by atoms with Crippen LogP contribution in [0.25, 0.3) is 0 Å². The van der Waals surface area contributed by atoms with E-state index in [-0.39, 0.29) is 46.1 Å². The van der Waals surface area contributed by atoms with Crippen molar-refractivity contribution in [3.8, 4) is 0 Å². The molecule has 0 unspecified atom stereocenters. The summed E-state index contributed by atoms with van der Waals surface area (Å²) in [7, 11) is 0. The predicted octanol–water partition coefficient (Wildman–Crippen LogP) is 2.69. The Labute approximate surface area is 153 Å². The fraction of sp³-hybridized carbons (Fsp3) is 0.389. The molecule has 6 rings (SSSR count). The third kappa shape index (κ3) is 2.06. The van der Waals surface area contributed by atoms with Gasteiger partial charge in [0.2, 0.25) is 0 Å². The van der Waals surface area contributed by atoms with E-state index in [1.807, 2.05) is 0 Å². The zero-order chi connectivity index (χ0) is 17.5. The van der Waals surface area contributed by atoms with Crippen LogP contribution in [0, 0.1) is 35.5 Å². The van der Waals surface area contributed by atoms with Gasteiger partial charge in [0.05, 0.1) is 21.9 Å². The van der Waals surface area contributed by atoms with E-state index in [4.69, 9.17) is 23.2 Å². The molecule has 1 N–H and O–H groups in total. The largest absolute Gasteiger partial charge is 0.272 e. The fourth-order valence-electron chi connectivity index (χ4n) is 4.87. The molecule has 7 heteroatoms. The van der Waals surface area contributed by atoms with Crippen LogP contribution in [0.15, 0.2) is 30.4 Å². The highest BCUT2D eigenvalue weighted by Gasteiger charge is 2.67. The van der Waals surface area contributed by atoms with Gasteiger partial charge in [-0.1, -0.05) is 35.4 Å². The quantitative estimate of drug-likeness (QED) is 0.637. The minimum atomic E-state index is -0.552. The highest BCUT2D eigenvalue weighted by Crippen LogP contribution is 2.65. The second kappa shape index (κ2) is 5.08. The van der Waals surface area contributed by atoms with Crippen molar-refractivity contribution in [2.75, 3.05) is 0 Å². The number of nitrogens with one attached hydrogen (secondary N) is 1. The third-order valence-electron chi connectivity index (χ3n) is 6.06. The van der Waals surface area contributed by atoms with E-state index in [0.29, 0.717) is 16.9 Å². The van der Waals surface area contributed by atoms with Crippen LogP contribution < -0.4 is 5.43 Å². The Morgan fingerprint density at radius 3 is 2.16 bits per heavy atom. The number of hydrogen-bond donors (Lipinski definition) is 1. The molecule has 128 valence electrons. The number of carbonyl (C=O) groups is 3.